The number of benzene rings is 2. The quantitative estimate of drug-likeness (QED) is 0.526. The minimum absolute atomic E-state index is 0.122. The first-order valence-corrected chi connectivity index (χ1v) is 9.14. The number of morpholine rings is 1. The van der Waals surface area contributed by atoms with Gasteiger partial charge in [-0.25, -0.2) is 5.43 Å². The van der Waals surface area contributed by atoms with Gasteiger partial charge >= 0.3 is 0 Å². The molecule has 0 aliphatic carbocycles. The van der Waals surface area contributed by atoms with Gasteiger partial charge in [0.15, 0.2) is 12.5 Å². The molecule has 1 aliphatic rings. The highest BCUT2D eigenvalue weighted by Gasteiger charge is 2.14. The summed E-state index contributed by atoms with van der Waals surface area (Å²) >= 11 is 0. The maximum absolute atomic E-state index is 12.0. The van der Waals surface area contributed by atoms with Gasteiger partial charge < -0.3 is 18.8 Å². The first kappa shape index (κ1) is 18.1. The molecule has 0 atom stereocenters. The van der Waals surface area contributed by atoms with Gasteiger partial charge in [0.1, 0.15) is 11.5 Å². The molecular formula is C21H21N3O4. The molecule has 28 heavy (non-hydrogen) atoms. The number of furan rings is 1. The summed E-state index contributed by atoms with van der Waals surface area (Å²) in [7, 11) is 0. The Bertz CT molecular complexity index is 971. The van der Waals surface area contributed by atoms with Crippen molar-refractivity contribution in [1.29, 1.82) is 0 Å². The van der Waals surface area contributed by atoms with Crippen LogP contribution in [0.25, 0.3) is 10.8 Å². The lowest BCUT2D eigenvalue weighted by Crippen LogP contribution is -2.35. The summed E-state index contributed by atoms with van der Waals surface area (Å²) in [5.74, 6) is 1.66. The Hall–Kier alpha value is -3.32. The fourth-order valence-electron chi connectivity index (χ4n) is 3.03. The predicted octanol–water partition coefficient (Wildman–Crippen LogP) is 2.80. The number of hydrogen-bond acceptors (Lipinski definition) is 6. The second kappa shape index (κ2) is 8.58. The lowest BCUT2D eigenvalue weighted by atomic mass is 10.1. The molecule has 1 saturated heterocycles. The van der Waals surface area contributed by atoms with E-state index < -0.39 is 0 Å². The Kier molecular flexibility index (Phi) is 5.53. The maximum atomic E-state index is 12.0. The van der Waals surface area contributed by atoms with E-state index in [0.29, 0.717) is 24.7 Å². The zero-order valence-electron chi connectivity index (χ0n) is 15.3. The summed E-state index contributed by atoms with van der Waals surface area (Å²) < 4.78 is 16.7. The van der Waals surface area contributed by atoms with E-state index in [0.717, 1.165) is 29.7 Å². The van der Waals surface area contributed by atoms with Crippen LogP contribution in [0.1, 0.15) is 5.76 Å². The zero-order chi connectivity index (χ0) is 19.2. The van der Waals surface area contributed by atoms with Crippen molar-refractivity contribution in [1.82, 2.24) is 5.43 Å². The highest BCUT2D eigenvalue weighted by Crippen LogP contribution is 2.25. The van der Waals surface area contributed by atoms with Crippen LogP contribution in [-0.4, -0.2) is 45.0 Å². The van der Waals surface area contributed by atoms with Crippen molar-refractivity contribution < 1.29 is 18.7 Å². The van der Waals surface area contributed by atoms with Gasteiger partial charge in [0.25, 0.3) is 5.91 Å². The summed E-state index contributed by atoms with van der Waals surface area (Å²) in [6.45, 7) is 2.86. The summed E-state index contributed by atoms with van der Waals surface area (Å²) in [6, 6.07) is 17.3. The third-order valence-electron chi connectivity index (χ3n) is 4.42. The Morgan fingerprint density at radius 3 is 2.82 bits per heavy atom. The van der Waals surface area contributed by atoms with Gasteiger partial charge in [0, 0.05) is 24.5 Å². The molecule has 7 heteroatoms. The first-order chi connectivity index (χ1) is 13.8. The maximum Gasteiger partial charge on any atom is 0.277 e. The van der Waals surface area contributed by atoms with Crippen molar-refractivity contribution in [3.05, 3.63) is 60.4 Å². The van der Waals surface area contributed by atoms with Crippen molar-refractivity contribution in [2.24, 2.45) is 5.10 Å². The summed E-state index contributed by atoms with van der Waals surface area (Å²) in [5.41, 5.74) is 2.45. The van der Waals surface area contributed by atoms with Crippen molar-refractivity contribution >= 4 is 28.8 Å². The molecule has 3 aromatic rings. The molecule has 1 aliphatic heterocycles. The number of nitrogens with zero attached hydrogens (tertiary/aromatic N) is 2. The van der Waals surface area contributed by atoms with Crippen LogP contribution in [0.4, 0.5) is 5.88 Å². The third-order valence-corrected chi connectivity index (χ3v) is 4.42. The molecule has 0 saturated carbocycles. The minimum Gasteiger partial charge on any atom is -0.483 e. The molecule has 0 bridgehead atoms. The zero-order valence-corrected chi connectivity index (χ0v) is 15.3. The lowest BCUT2D eigenvalue weighted by molar-refractivity contribution is -0.123. The van der Waals surface area contributed by atoms with Crippen molar-refractivity contribution in [3.8, 4) is 5.75 Å². The number of hydrazone groups is 1. The van der Waals surface area contributed by atoms with Crippen LogP contribution in [-0.2, 0) is 9.53 Å². The van der Waals surface area contributed by atoms with E-state index in [2.05, 4.69) is 15.4 Å². The van der Waals surface area contributed by atoms with Gasteiger partial charge in [0.2, 0.25) is 0 Å². The molecule has 4 rings (SSSR count). The van der Waals surface area contributed by atoms with Crippen LogP contribution in [0.3, 0.4) is 0 Å². The molecule has 1 aromatic heterocycles. The van der Waals surface area contributed by atoms with Gasteiger partial charge in [-0.15, -0.1) is 0 Å². The van der Waals surface area contributed by atoms with Gasteiger partial charge in [-0.1, -0.05) is 36.4 Å². The molecule has 1 fully saturated rings. The normalized spacial score (nSPS) is 14.5. The summed E-state index contributed by atoms with van der Waals surface area (Å²) in [4.78, 5) is 14.1. The second-order valence-corrected chi connectivity index (χ2v) is 6.33. The number of rotatable bonds is 6. The van der Waals surface area contributed by atoms with E-state index in [1.54, 1.807) is 0 Å². The molecule has 2 heterocycles. The van der Waals surface area contributed by atoms with Crippen LogP contribution in [0.15, 0.2) is 64.1 Å². The smallest absolute Gasteiger partial charge is 0.277 e. The van der Waals surface area contributed by atoms with Crippen LogP contribution >= 0.6 is 0 Å². The van der Waals surface area contributed by atoms with Gasteiger partial charge in [-0.3, -0.25) is 4.79 Å². The topological polar surface area (TPSA) is 76.3 Å². The summed E-state index contributed by atoms with van der Waals surface area (Å²) in [6.07, 6.45) is 1.47. The Morgan fingerprint density at radius 2 is 1.93 bits per heavy atom. The summed E-state index contributed by atoms with van der Waals surface area (Å²) in [5, 5.41) is 5.96. The van der Waals surface area contributed by atoms with E-state index in [9.17, 15) is 4.79 Å². The molecule has 2 aromatic carbocycles. The molecule has 1 amide bonds. The number of ether oxygens (including phenoxy) is 2. The van der Waals surface area contributed by atoms with Crippen molar-refractivity contribution in [2.75, 3.05) is 37.8 Å². The average Bonchev–Trinajstić information content (AvgIpc) is 3.22. The SMILES string of the molecule is O=C(COc1cccc2ccccc12)N/N=C/c1ccc(N2CCOCC2)o1. The van der Waals surface area contributed by atoms with E-state index >= 15 is 0 Å². The second-order valence-electron chi connectivity index (χ2n) is 6.33. The molecule has 0 spiro atoms. The molecule has 0 radical (unpaired) electrons. The first-order valence-electron chi connectivity index (χ1n) is 9.14. The predicted molar refractivity (Wildman–Crippen MR) is 107 cm³/mol. The van der Waals surface area contributed by atoms with Gasteiger partial charge in [0.05, 0.1) is 19.4 Å². The fraction of sp³-hybridized carbons (Fsp3) is 0.238. The fourth-order valence-corrected chi connectivity index (χ4v) is 3.03. The van der Waals surface area contributed by atoms with E-state index in [1.165, 1.54) is 6.21 Å². The molecule has 0 unspecified atom stereocenters. The Morgan fingerprint density at radius 1 is 1.11 bits per heavy atom. The third kappa shape index (κ3) is 4.32. The minimum atomic E-state index is -0.343. The number of carbonyl (C=O) groups excluding carboxylic acids is 1. The Labute approximate surface area is 162 Å². The van der Waals surface area contributed by atoms with Gasteiger partial charge in [-0.2, -0.15) is 5.10 Å². The van der Waals surface area contributed by atoms with Crippen LogP contribution in [0, 0.1) is 0 Å². The molecule has 7 nitrogen and oxygen atoms in total. The largest absolute Gasteiger partial charge is 0.483 e. The molecular weight excluding hydrogens is 358 g/mol. The lowest BCUT2D eigenvalue weighted by Gasteiger charge is -2.26. The Balaban J connectivity index is 1.29. The number of fused-ring (bicyclic) bond motifs is 1. The van der Waals surface area contributed by atoms with E-state index in [4.69, 9.17) is 13.9 Å². The standard InChI is InChI=1S/C21H21N3O4/c25-20(15-27-19-7-3-5-16-4-1-2-6-18(16)19)23-22-14-17-8-9-21(28-17)24-10-12-26-13-11-24/h1-9,14H,10-13,15H2,(H,23,25)/b22-14+. The number of carbonyl (C=O) groups is 1. The van der Waals surface area contributed by atoms with E-state index in [-0.39, 0.29) is 12.5 Å². The number of amides is 1. The van der Waals surface area contributed by atoms with Crippen LogP contribution < -0.4 is 15.1 Å². The van der Waals surface area contributed by atoms with Gasteiger partial charge in [-0.05, 0) is 17.5 Å². The highest BCUT2D eigenvalue weighted by molar-refractivity contribution is 5.88. The average molecular weight is 379 g/mol. The van der Waals surface area contributed by atoms with Crippen molar-refractivity contribution in [3.63, 3.8) is 0 Å². The highest BCUT2D eigenvalue weighted by atomic mass is 16.5. The number of hydrogen-bond donors (Lipinski definition) is 1. The number of anilines is 1. The molecule has 1 N–H and O–H groups in total. The molecule has 144 valence electrons. The monoisotopic (exact) mass is 379 g/mol. The number of nitrogens with one attached hydrogen (secondary N) is 1. The van der Waals surface area contributed by atoms with Crippen molar-refractivity contribution in [2.45, 2.75) is 0 Å². The van der Waals surface area contributed by atoms with Crippen LogP contribution in [0.2, 0.25) is 0 Å². The van der Waals surface area contributed by atoms with E-state index in [1.807, 2.05) is 54.6 Å². The van der Waals surface area contributed by atoms with Crippen LogP contribution in [0.5, 0.6) is 5.75 Å².